The van der Waals surface area contributed by atoms with Gasteiger partial charge >= 0.3 is 0 Å². The molecule has 78 valence electrons. The third-order valence-electron chi connectivity index (χ3n) is 2.16. The average molecular weight is 202 g/mol. The van der Waals surface area contributed by atoms with Crippen molar-refractivity contribution in [3.8, 4) is 0 Å². The molecule has 0 atom stereocenters. The van der Waals surface area contributed by atoms with E-state index in [9.17, 15) is 0 Å². The van der Waals surface area contributed by atoms with Crippen LogP contribution < -0.4 is 5.32 Å². The van der Waals surface area contributed by atoms with E-state index in [2.05, 4.69) is 15.4 Å². The Hall–Kier alpha value is -1.68. The molecule has 0 aromatic carbocycles. The quantitative estimate of drug-likeness (QED) is 0.737. The number of nitrogens with one attached hydrogen (secondary N) is 1. The largest absolute Gasteiger partial charge is 0.311 e. The number of hydrogen-bond acceptors (Lipinski definition) is 3. The van der Waals surface area contributed by atoms with Crippen LogP contribution in [0, 0.1) is 0 Å². The molecule has 2 rings (SSSR count). The lowest BCUT2D eigenvalue weighted by Crippen LogP contribution is -2.19. The van der Waals surface area contributed by atoms with Gasteiger partial charge in [-0.15, -0.1) is 0 Å². The van der Waals surface area contributed by atoms with Crippen LogP contribution in [0.25, 0.3) is 0 Å². The molecule has 2 heterocycles. The molecule has 4 heteroatoms. The molecule has 0 fully saturated rings. The van der Waals surface area contributed by atoms with Crippen molar-refractivity contribution in [1.82, 2.24) is 20.1 Å². The second-order valence-electron chi connectivity index (χ2n) is 3.30. The zero-order valence-electron chi connectivity index (χ0n) is 8.50. The molecule has 0 saturated heterocycles. The van der Waals surface area contributed by atoms with Gasteiger partial charge in [0.15, 0.2) is 0 Å². The fourth-order valence-corrected chi connectivity index (χ4v) is 1.36. The van der Waals surface area contributed by atoms with E-state index in [1.165, 1.54) is 5.56 Å². The van der Waals surface area contributed by atoms with E-state index in [0.717, 1.165) is 19.6 Å². The molecular formula is C11H14N4. The second kappa shape index (κ2) is 5.26. The molecule has 0 aliphatic rings. The van der Waals surface area contributed by atoms with E-state index in [0.29, 0.717) is 0 Å². The molecule has 1 N–H and O–H groups in total. The third kappa shape index (κ3) is 3.18. The van der Waals surface area contributed by atoms with Crippen molar-refractivity contribution in [2.75, 3.05) is 6.54 Å². The van der Waals surface area contributed by atoms with Crippen LogP contribution in [0.4, 0.5) is 0 Å². The minimum Gasteiger partial charge on any atom is -0.311 e. The van der Waals surface area contributed by atoms with Crippen LogP contribution in [0.5, 0.6) is 0 Å². The minimum atomic E-state index is 0.879. The Labute approximate surface area is 89.0 Å². The number of aromatic nitrogens is 3. The van der Waals surface area contributed by atoms with Crippen molar-refractivity contribution < 1.29 is 0 Å². The molecule has 0 aliphatic carbocycles. The van der Waals surface area contributed by atoms with Crippen molar-refractivity contribution in [2.24, 2.45) is 0 Å². The van der Waals surface area contributed by atoms with Gasteiger partial charge in [-0.25, -0.2) is 0 Å². The SMILES string of the molecule is c1cnn(CCNCc2ccncc2)c1. The molecule has 15 heavy (non-hydrogen) atoms. The Balaban J connectivity index is 1.68. The number of hydrogen-bond donors (Lipinski definition) is 1. The summed E-state index contributed by atoms with van der Waals surface area (Å²) in [4.78, 5) is 3.97. The van der Waals surface area contributed by atoms with Crippen LogP contribution in [0.15, 0.2) is 43.0 Å². The predicted molar refractivity (Wildman–Crippen MR) is 58.2 cm³/mol. The summed E-state index contributed by atoms with van der Waals surface area (Å²) in [5, 5.41) is 7.48. The molecule has 0 bridgehead atoms. The summed E-state index contributed by atoms with van der Waals surface area (Å²) in [5.41, 5.74) is 1.26. The summed E-state index contributed by atoms with van der Waals surface area (Å²) < 4.78 is 1.92. The van der Waals surface area contributed by atoms with Gasteiger partial charge in [0.05, 0.1) is 6.54 Å². The first-order valence-electron chi connectivity index (χ1n) is 5.02. The summed E-state index contributed by atoms with van der Waals surface area (Å²) in [6.45, 7) is 2.70. The van der Waals surface area contributed by atoms with E-state index in [1.807, 2.05) is 41.5 Å². The third-order valence-corrected chi connectivity index (χ3v) is 2.16. The standard InChI is InChI=1S/C11H14N4/c1-4-14-15(8-1)9-7-13-10-11-2-5-12-6-3-11/h1-6,8,13H,7,9-10H2. The lowest BCUT2D eigenvalue weighted by Gasteiger charge is -2.04. The molecule has 0 amide bonds. The van der Waals surface area contributed by atoms with Crippen molar-refractivity contribution in [2.45, 2.75) is 13.1 Å². The molecule has 4 nitrogen and oxygen atoms in total. The molecule has 0 radical (unpaired) electrons. The van der Waals surface area contributed by atoms with Crippen LogP contribution in [-0.4, -0.2) is 21.3 Å². The van der Waals surface area contributed by atoms with Gasteiger partial charge in [0.2, 0.25) is 0 Å². The van der Waals surface area contributed by atoms with Crippen molar-refractivity contribution in [3.63, 3.8) is 0 Å². The lowest BCUT2D eigenvalue weighted by atomic mass is 10.3. The fraction of sp³-hybridized carbons (Fsp3) is 0.273. The van der Waals surface area contributed by atoms with Gasteiger partial charge < -0.3 is 5.32 Å². The number of nitrogens with zero attached hydrogens (tertiary/aromatic N) is 3. The Morgan fingerprint density at radius 3 is 2.80 bits per heavy atom. The topological polar surface area (TPSA) is 42.7 Å². The van der Waals surface area contributed by atoms with Gasteiger partial charge in [-0.3, -0.25) is 9.67 Å². The number of pyridine rings is 1. The highest BCUT2D eigenvalue weighted by atomic mass is 15.3. The highest BCUT2D eigenvalue weighted by Crippen LogP contribution is 1.94. The van der Waals surface area contributed by atoms with Crippen LogP contribution >= 0.6 is 0 Å². The molecular weight excluding hydrogens is 188 g/mol. The lowest BCUT2D eigenvalue weighted by molar-refractivity contribution is 0.555. The Bertz CT molecular complexity index is 369. The molecule has 0 unspecified atom stereocenters. The maximum Gasteiger partial charge on any atom is 0.0534 e. The maximum atomic E-state index is 4.13. The van der Waals surface area contributed by atoms with E-state index in [4.69, 9.17) is 0 Å². The Kier molecular flexibility index (Phi) is 3.46. The minimum absolute atomic E-state index is 0.879. The summed E-state index contributed by atoms with van der Waals surface area (Å²) in [6, 6.07) is 5.96. The first kappa shape index (κ1) is 9.86. The van der Waals surface area contributed by atoms with Crippen molar-refractivity contribution in [1.29, 1.82) is 0 Å². The molecule has 0 saturated carbocycles. The van der Waals surface area contributed by atoms with Crippen LogP contribution in [0.1, 0.15) is 5.56 Å². The van der Waals surface area contributed by atoms with Gasteiger partial charge in [0.25, 0.3) is 0 Å². The first-order chi connectivity index (χ1) is 7.45. The Morgan fingerprint density at radius 1 is 1.20 bits per heavy atom. The average Bonchev–Trinajstić information content (AvgIpc) is 2.79. The van der Waals surface area contributed by atoms with Crippen molar-refractivity contribution >= 4 is 0 Å². The maximum absolute atomic E-state index is 4.13. The monoisotopic (exact) mass is 202 g/mol. The van der Waals surface area contributed by atoms with Gasteiger partial charge in [-0.1, -0.05) is 0 Å². The predicted octanol–water partition coefficient (Wildman–Crippen LogP) is 1.07. The van der Waals surface area contributed by atoms with E-state index in [-0.39, 0.29) is 0 Å². The normalized spacial score (nSPS) is 10.4. The molecule has 0 spiro atoms. The number of rotatable bonds is 5. The van der Waals surface area contributed by atoms with E-state index >= 15 is 0 Å². The Morgan fingerprint density at radius 2 is 2.07 bits per heavy atom. The van der Waals surface area contributed by atoms with E-state index < -0.39 is 0 Å². The summed E-state index contributed by atoms with van der Waals surface area (Å²) in [6.07, 6.45) is 7.38. The van der Waals surface area contributed by atoms with Crippen LogP contribution in [-0.2, 0) is 13.1 Å². The van der Waals surface area contributed by atoms with Gasteiger partial charge in [-0.2, -0.15) is 5.10 Å². The van der Waals surface area contributed by atoms with Crippen LogP contribution in [0.2, 0.25) is 0 Å². The van der Waals surface area contributed by atoms with Gasteiger partial charge in [-0.05, 0) is 23.8 Å². The van der Waals surface area contributed by atoms with E-state index in [1.54, 1.807) is 6.20 Å². The molecule has 2 aromatic heterocycles. The van der Waals surface area contributed by atoms with Gasteiger partial charge in [0, 0.05) is 37.9 Å². The summed E-state index contributed by atoms with van der Waals surface area (Å²) >= 11 is 0. The second-order valence-corrected chi connectivity index (χ2v) is 3.30. The zero-order valence-corrected chi connectivity index (χ0v) is 8.50. The highest BCUT2D eigenvalue weighted by molar-refractivity contribution is 5.08. The smallest absolute Gasteiger partial charge is 0.0534 e. The zero-order chi connectivity index (χ0) is 10.3. The summed E-state index contributed by atoms with van der Waals surface area (Å²) in [7, 11) is 0. The highest BCUT2D eigenvalue weighted by Gasteiger charge is 1.92. The summed E-state index contributed by atoms with van der Waals surface area (Å²) in [5.74, 6) is 0. The molecule has 2 aromatic rings. The van der Waals surface area contributed by atoms with Gasteiger partial charge in [0.1, 0.15) is 0 Å². The first-order valence-corrected chi connectivity index (χ1v) is 5.02. The van der Waals surface area contributed by atoms with Crippen LogP contribution in [0.3, 0.4) is 0 Å². The van der Waals surface area contributed by atoms with Crippen molar-refractivity contribution in [3.05, 3.63) is 48.5 Å². The fourth-order valence-electron chi connectivity index (χ4n) is 1.36. The molecule has 0 aliphatic heterocycles.